The minimum Gasteiger partial charge on any atom is -0.507 e. The Morgan fingerprint density at radius 1 is 0.971 bits per heavy atom. The van der Waals surface area contributed by atoms with Crippen LogP contribution in [-0.4, -0.2) is 46.9 Å². The molecule has 5 rings (SSSR count). The van der Waals surface area contributed by atoms with Gasteiger partial charge in [-0.25, -0.2) is 0 Å². The number of nitrogens with one attached hydrogen (secondary N) is 1. The van der Waals surface area contributed by atoms with E-state index in [-0.39, 0.29) is 17.7 Å². The number of benzene rings is 3. The molecule has 2 heterocycles. The summed E-state index contributed by atoms with van der Waals surface area (Å²) >= 11 is 0. The van der Waals surface area contributed by atoms with E-state index < -0.39 is 0 Å². The van der Waals surface area contributed by atoms with Crippen molar-refractivity contribution in [1.82, 2.24) is 15.1 Å². The first-order valence-electron chi connectivity index (χ1n) is 11.0. The minimum atomic E-state index is -0.371. The van der Waals surface area contributed by atoms with Gasteiger partial charge in [0.25, 0.3) is 5.91 Å². The van der Waals surface area contributed by atoms with Crippen molar-refractivity contribution in [2.24, 2.45) is 0 Å². The first-order chi connectivity index (χ1) is 16.6. The van der Waals surface area contributed by atoms with E-state index in [1.165, 1.54) is 0 Å². The fourth-order valence-corrected chi connectivity index (χ4v) is 4.51. The Kier molecular flexibility index (Phi) is 5.67. The second-order valence-electron chi connectivity index (χ2n) is 8.15. The van der Waals surface area contributed by atoms with Gasteiger partial charge in [0.1, 0.15) is 28.6 Å². The lowest BCUT2D eigenvalue weighted by Crippen LogP contribution is -2.31. The van der Waals surface area contributed by atoms with Crippen molar-refractivity contribution in [2.45, 2.75) is 12.5 Å². The molecule has 1 atom stereocenters. The van der Waals surface area contributed by atoms with E-state index in [2.05, 4.69) is 10.2 Å². The predicted molar refractivity (Wildman–Crippen MR) is 128 cm³/mol. The average molecular weight is 456 g/mol. The molecule has 0 fully saturated rings. The van der Waals surface area contributed by atoms with Crippen molar-refractivity contribution in [3.63, 3.8) is 0 Å². The number of carbonyl (C=O) groups is 1. The van der Waals surface area contributed by atoms with E-state index in [1.54, 1.807) is 32.4 Å². The molecule has 1 amide bonds. The second kappa shape index (κ2) is 8.94. The number of carbonyl (C=O) groups excluding carboxylic acids is 1. The Hall–Kier alpha value is -4.26. The van der Waals surface area contributed by atoms with Crippen LogP contribution in [0.5, 0.6) is 17.2 Å². The molecule has 0 saturated carbocycles. The summed E-state index contributed by atoms with van der Waals surface area (Å²) in [5, 5.41) is 17.9. The zero-order valence-electron chi connectivity index (χ0n) is 19.0. The highest BCUT2D eigenvalue weighted by atomic mass is 16.5. The molecule has 1 aromatic heterocycles. The quantitative estimate of drug-likeness (QED) is 0.426. The van der Waals surface area contributed by atoms with Crippen molar-refractivity contribution in [3.8, 4) is 28.5 Å². The van der Waals surface area contributed by atoms with E-state index in [0.717, 1.165) is 22.4 Å². The normalized spacial score (nSPS) is 14.8. The van der Waals surface area contributed by atoms with Gasteiger partial charge in [-0.05, 0) is 53.9 Å². The molecule has 0 saturated heterocycles. The van der Waals surface area contributed by atoms with Gasteiger partial charge in [-0.15, -0.1) is 0 Å². The van der Waals surface area contributed by atoms with E-state index in [4.69, 9.17) is 9.47 Å². The summed E-state index contributed by atoms with van der Waals surface area (Å²) < 4.78 is 10.7. The van der Waals surface area contributed by atoms with Crippen LogP contribution < -0.4 is 9.47 Å². The number of amides is 1. The molecule has 0 radical (unpaired) electrons. The Morgan fingerprint density at radius 3 is 2.47 bits per heavy atom. The number of phenols is 1. The molecule has 0 spiro atoms. The molecular weight excluding hydrogens is 430 g/mol. The first-order valence-corrected chi connectivity index (χ1v) is 11.0. The van der Waals surface area contributed by atoms with Crippen LogP contribution in [0.3, 0.4) is 0 Å². The lowest BCUT2D eigenvalue weighted by Gasteiger charge is -2.27. The maximum absolute atomic E-state index is 13.5. The molecule has 1 aliphatic rings. The Bertz CT molecular complexity index is 1330. The topological polar surface area (TPSA) is 87.7 Å². The van der Waals surface area contributed by atoms with Crippen LogP contribution in [0.15, 0.2) is 72.8 Å². The number of ether oxygens (including phenoxy) is 2. The van der Waals surface area contributed by atoms with Gasteiger partial charge in [0.05, 0.1) is 20.3 Å². The molecule has 172 valence electrons. The number of hydrogen-bond acceptors (Lipinski definition) is 5. The van der Waals surface area contributed by atoms with Gasteiger partial charge in [0.15, 0.2) is 0 Å². The van der Waals surface area contributed by atoms with Crippen molar-refractivity contribution in [3.05, 3.63) is 95.2 Å². The molecule has 1 aliphatic heterocycles. The van der Waals surface area contributed by atoms with Crippen molar-refractivity contribution in [1.29, 1.82) is 0 Å². The van der Waals surface area contributed by atoms with Gasteiger partial charge in [-0.2, -0.15) is 5.10 Å². The Labute approximate surface area is 197 Å². The van der Waals surface area contributed by atoms with Gasteiger partial charge in [0, 0.05) is 17.7 Å². The minimum absolute atomic E-state index is 0.116. The fourth-order valence-electron chi connectivity index (χ4n) is 4.51. The third kappa shape index (κ3) is 3.75. The Balaban J connectivity index is 1.56. The number of para-hydroxylation sites is 1. The zero-order valence-corrected chi connectivity index (χ0v) is 19.0. The van der Waals surface area contributed by atoms with Gasteiger partial charge in [0.2, 0.25) is 0 Å². The smallest absolute Gasteiger partial charge is 0.273 e. The molecule has 3 aromatic carbocycles. The molecule has 4 aromatic rings. The predicted octanol–water partition coefficient (Wildman–Crippen LogP) is 4.59. The maximum atomic E-state index is 13.5. The third-order valence-corrected chi connectivity index (χ3v) is 6.23. The molecule has 7 nitrogen and oxygen atoms in total. The Morgan fingerprint density at radius 2 is 1.74 bits per heavy atom. The maximum Gasteiger partial charge on any atom is 0.273 e. The molecule has 2 N–H and O–H groups in total. The van der Waals surface area contributed by atoms with Gasteiger partial charge >= 0.3 is 0 Å². The van der Waals surface area contributed by atoms with Crippen LogP contribution >= 0.6 is 0 Å². The standard InChI is InChI=1S/C27H25N3O4/c1-33-19-12-10-17(11-13-19)14-15-30-26(18-6-5-7-20(16-18)34-2)23-24(28-29-25(23)27(30)32)21-8-3-4-9-22(21)31/h3-13,16,26,31H,14-15H2,1-2H3,(H,28,29)/t26-/m1/s1. The van der Waals surface area contributed by atoms with E-state index in [9.17, 15) is 9.90 Å². The van der Waals surface area contributed by atoms with Crippen LogP contribution in [-0.2, 0) is 6.42 Å². The van der Waals surface area contributed by atoms with Crippen LogP contribution in [0, 0.1) is 0 Å². The van der Waals surface area contributed by atoms with Crippen LogP contribution in [0.4, 0.5) is 0 Å². The van der Waals surface area contributed by atoms with Gasteiger partial charge in [-0.3, -0.25) is 9.89 Å². The summed E-state index contributed by atoms with van der Waals surface area (Å²) in [6.45, 7) is 0.510. The number of phenolic OH excluding ortho intramolecular Hbond substituents is 1. The third-order valence-electron chi connectivity index (χ3n) is 6.23. The molecule has 0 bridgehead atoms. The van der Waals surface area contributed by atoms with E-state index in [1.807, 2.05) is 59.5 Å². The largest absolute Gasteiger partial charge is 0.507 e. The van der Waals surface area contributed by atoms with Gasteiger partial charge in [-0.1, -0.05) is 36.4 Å². The molecule has 0 unspecified atom stereocenters. The molecule has 0 aliphatic carbocycles. The number of nitrogens with zero attached hydrogens (tertiary/aromatic N) is 2. The number of hydrogen-bond donors (Lipinski definition) is 2. The number of H-pyrrole nitrogens is 1. The fraction of sp³-hybridized carbons (Fsp3) is 0.185. The van der Waals surface area contributed by atoms with E-state index in [0.29, 0.717) is 35.7 Å². The van der Waals surface area contributed by atoms with E-state index >= 15 is 0 Å². The van der Waals surface area contributed by atoms with Crippen LogP contribution in [0.1, 0.15) is 33.2 Å². The lowest BCUT2D eigenvalue weighted by molar-refractivity contribution is 0.0745. The number of aromatic nitrogens is 2. The van der Waals surface area contributed by atoms with Crippen LogP contribution in [0.25, 0.3) is 11.3 Å². The summed E-state index contributed by atoms with van der Waals surface area (Å²) in [5.41, 5.74) is 4.38. The van der Waals surface area contributed by atoms with Crippen molar-refractivity contribution < 1.29 is 19.4 Å². The lowest BCUT2D eigenvalue weighted by atomic mass is 9.95. The highest BCUT2D eigenvalue weighted by molar-refractivity contribution is 6.00. The number of fused-ring (bicyclic) bond motifs is 1. The second-order valence-corrected chi connectivity index (χ2v) is 8.15. The summed E-state index contributed by atoms with van der Waals surface area (Å²) in [4.78, 5) is 15.4. The highest BCUT2D eigenvalue weighted by Gasteiger charge is 2.42. The van der Waals surface area contributed by atoms with Crippen LogP contribution in [0.2, 0.25) is 0 Å². The molecular formula is C27H25N3O4. The number of aromatic hydroxyl groups is 1. The summed E-state index contributed by atoms with van der Waals surface area (Å²) in [5.74, 6) is 1.50. The summed E-state index contributed by atoms with van der Waals surface area (Å²) in [6, 6.07) is 22.2. The monoisotopic (exact) mass is 455 g/mol. The first kappa shape index (κ1) is 21.6. The van der Waals surface area contributed by atoms with Crippen molar-refractivity contribution in [2.75, 3.05) is 20.8 Å². The highest BCUT2D eigenvalue weighted by Crippen LogP contribution is 2.44. The van der Waals surface area contributed by atoms with Crippen molar-refractivity contribution >= 4 is 5.91 Å². The molecule has 7 heteroatoms. The zero-order chi connectivity index (χ0) is 23.7. The number of methoxy groups -OCH3 is 2. The SMILES string of the molecule is COc1ccc(CCN2C(=O)c3[nH]nc(-c4ccccc4O)c3[C@H]2c2cccc(OC)c2)cc1. The summed E-state index contributed by atoms with van der Waals surface area (Å²) in [6.07, 6.45) is 0.680. The molecule has 34 heavy (non-hydrogen) atoms. The number of rotatable bonds is 7. The number of aromatic amines is 1. The van der Waals surface area contributed by atoms with Gasteiger partial charge < -0.3 is 19.5 Å². The average Bonchev–Trinajstić information content (AvgIpc) is 3.42. The summed E-state index contributed by atoms with van der Waals surface area (Å²) in [7, 11) is 3.26.